The van der Waals surface area contributed by atoms with Crippen LogP contribution >= 0.6 is 0 Å². The minimum Gasteiger partial charge on any atom is -0.412 e. The van der Waals surface area contributed by atoms with Crippen molar-refractivity contribution < 1.29 is 10.6 Å². The Balaban J connectivity index is -0.0000000450. The standard InChI is InChI=1S/C3H8O.H3N.H2O/c1-2-3-4;;/h4H,2-3H2,1H3;1H3;1H2. The maximum absolute atomic E-state index is 7.88. The van der Waals surface area contributed by atoms with Crippen LogP contribution in [0.15, 0.2) is 0 Å². The van der Waals surface area contributed by atoms with E-state index >= 15 is 0 Å². The zero-order chi connectivity index (χ0) is 3.41. The second kappa shape index (κ2) is 20.8. The topological polar surface area (TPSA) is 86.7 Å². The largest absolute Gasteiger partial charge is 0.412 e. The molecular formula is C3H13NO2. The highest BCUT2D eigenvalue weighted by molar-refractivity contribution is 4.10. The third-order valence-corrected chi connectivity index (χ3v) is 0.224. The Labute approximate surface area is 37.9 Å². The summed E-state index contributed by atoms with van der Waals surface area (Å²) in [5.41, 5.74) is 0. The molecule has 0 heterocycles. The minimum atomic E-state index is 0. The number of hydrogen-bond donors (Lipinski definition) is 2. The fraction of sp³-hybridized carbons (Fsp3) is 1.00. The summed E-state index contributed by atoms with van der Waals surface area (Å²) in [4.78, 5) is 0. The molecule has 6 N–H and O–H groups in total. The van der Waals surface area contributed by atoms with Crippen molar-refractivity contribution >= 4 is 0 Å². The second-order valence-electron chi connectivity index (χ2n) is 0.724. The van der Waals surface area contributed by atoms with Gasteiger partial charge in [0.1, 0.15) is 0 Å². The predicted octanol–water partition coefficient (Wildman–Crippen LogP) is -0.274. The molecule has 0 fully saturated rings. The summed E-state index contributed by atoms with van der Waals surface area (Å²) in [6.45, 7) is 2.25. The van der Waals surface area contributed by atoms with E-state index in [0.717, 1.165) is 6.42 Å². The van der Waals surface area contributed by atoms with Crippen molar-refractivity contribution in [3.63, 3.8) is 0 Å². The number of rotatable bonds is 1. The Morgan fingerprint density at radius 3 is 1.67 bits per heavy atom. The van der Waals surface area contributed by atoms with Crippen LogP contribution in [0.5, 0.6) is 0 Å². The van der Waals surface area contributed by atoms with Gasteiger partial charge >= 0.3 is 0 Å². The van der Waals surface area contributed by atoms with Gasteiger partial charge < -0.3 is 16.7 Å². The van der Waals surface area contributed by atoms with Crippen molar-refractivity contribution in [2.45, 2.75) is 13.3 Å². The summed E-state index contributed by atoms with van der Waals surface area (Å²) in [6, 6.07) is 0. The lowest BCUT2D eigenvalue weighted by molar-refractivity contribution is 0.295. The van der Waals surface area contributed by atoms with E-state index in [1.807, 2.05) is 6.92 Å². The van der Waals surface area contributed by atoms with Gasteiger partial charge in [0, 0.05) is 6.61 Å². The lowest BCUT2D eigenvalue weighted by Gasteiger charge is -1.69. The summed E-state index contributed by atoms with van der Waals surface area (Å²) in [5, 5.41) is 7.88. The predicted molar refractivity (Wildman–Crippen MR) is 26.0 cm³/mol. The fourth-order valence-corrected chi connectivity index (χ4v) is 0. The Kier molecular flexibility index (Phi) is 58.5. The molecule has 0 rings (SSSR count). The highest BCUT2D eigenvalue weighted by Gasteiger charge is 1.57. The molecule has 0 amide bonds. The molecule has 0 atom stereocenters. The Morgan fingerprint density at radius 1 is 1.50 bits per heavy atom. The first-order valence-corrected chi connectivity index (χ1v) is 1.52. The summed E-state index contributed by atoms with van der Waals surface area (Å²) in [7, 11) is 0. The smallest absolute Gasteiger partial charge is 0.0428 e. The van der Waals surface area contributed by atoms with Crippen LogP contribution in [-0.4, -0.2) is 17.2 Å². The molecule has 0 aromatic carbocycles. The van der Waals surface area contributed by atoms with Gasteiger partial charge in [-0.05, 0) is 6.42 Å². The monoisotopic (exact) mass is 95.1 g/mol. The summed E-state index contributed by atoms with van der Waals surface area (Å²) >= 11 is 0. The quantitative estimate of drug-likeness (QED) is 0.469. The first-order valence-electron chi connectivity index (χ1n) is 1.52. The average molecular weight is 95.1 g/mol. The third-order valence-electron chi connectivity index (χ3n) is 0.224. The van der Waals surface area contributed by atoms with Crippen LogP contribution in [0.25, 0.3) is 0 Å². The van der Waals surface area contributed by atoms with Crippen molar-refractivity contribution in [1.82, 2.24) is 6.15 Å². The maximum atomic E-state index is 7.88. The van der Waals surface area contributed by atoms with E-state index in [4.69, 9.17) is 5.11 Å². The zero-order valence-electron chi connectivity index (χ0n) is 4.07. The van der Waals surface area contributed by atoms with Gasteiger partial charge in [-0.25, -0.2) is 0 Å². The first-order chi connectivity index (χ1) is 1.91. The SMILES string of the molecule is CCCO.N.O. The van der Waals surface area contributed by atoms with Crippen LogP contribution in [0.1, 0.15) is 13.3 Å². The third kappa shape index (κ3) is 41.6. The van der Waals surface area contributed by atoms with E-state index in [1.54, 1.807) is 0 Å². The van der Waals surface area contributed by atoms with Gasteiger partial charge in [-0.3, -0.25) is 0 Å². The second-order valence-corrected chi connectivity index (χ2v) is 0.724. The summed E-state index contributed by atoms with van der Waals surface area (Å²) in [6.07, 6.45) is 0.875. The molecule has 0 radical (unpaired) electrons. The molecule has 0 saturated heterocycles. The molecule has 3 nitrogen and oxygen atoms in total. The van der Waals surface area contributed by atoms with Crippen molar-refractivity contribution in [3.8, 4) is 0 Å². The van der Waals surface area contributed by atoms with Crippen LogP contribution < -0.4 is 6.15 Å². The van der Waals surface area contributed by atoms with E-state index in [1.165, 1.54) is 0 Å². The molecule has 0 aliphatic rings. The van der Waals surface area contributed by atoms with E-state index in [-0.39, 0.29) is 11.6 Å². The van der Waals surface area contributed by atoms with Gasteiger partial charge in [0.2, 0.25) is 0 Å². The number of aliphatic hydroxyl groups is 1. The zero-order valence-corrected chi connectivity index (χ0v) is 4.07. The lowest BCUT2D eigenvalue weighted by Crippen LogP contribution is -1.69. The van der Waals surface area contributed by atoms with Crippen molar-refractivity contribution in [2.24, 2.45) is 0 Å². The van der Waals surface area contributed by atoms with Crippen molar-refractivity contribution in [1.29, 1.82) is 0 Å². The normalized spacial score (nSPS) is 5.00. The highest BCUT2D eigenvalue weighted by Crippen LogP contribution is 1.61. The van der Waals surface area contributed by atoms with Gasteiger partial charge in [-0.1, -0.05) is 6.92 Å². The molecule has 0 unspecified atom stereocenters. The summed E-state index contributed by atoms with van der Waals surface area (Å²) < 4.78 is 0. The Bertz CT molecular complexity index is 10.8. The molecule has 42 valence electrons. The van der Waals surface area contributed by atoms with E-state index < -0.39 is 0 Å². The van der Waals surface area contributed by atoms with Crippen LogP contribution in [-0.2, 0) is 0 Å². The molecule has 0 spiro atoms. The average Bonchev–Trinajstić information content (AvgIpc) is 1.37. The molecule has 0 aliphatic heterocycles. The Morgan fingerprint density at radius 2 is 1.67 bits per heavy atom. The molecule has 6 heavy (non-hydrogen) atoms. The van der Waals surface area contributed by atoms with Crippen LogP contribution in [0.3, 0.4) is 0 Å². The number of hydrogen-bond acceptors (Lipinski definition) is 2. The molecule has 0 bridgehead atoms. The summed E-state index contributed by atoms with van der Waals surface area (Å²) in [5.74, 6) is 0. The van der Waals surface area contributed by atoms with Crippen LogP contribution in [0.2, 0.25) is 0 Å². The number of aliphatic hydroxyl groups excluding tert-OH is 1. The molecule has 0 saturated carbocycles. The molecule has 0 aromatic heterocycles. The Hall–Kier alpha value is -0.120. The molecule has 0 aromatic rings. The lowest BCUT2D eigenvalue weighted by atomic mass is 10.5. The van der Waals surface area contributed by atoms with Gasteiger partial charge in [0.15, 0.2) is 0 Å². The van der Waals surface area contributed by atoms with Crippen molar-refractivity contribution in [3.05, 3.63) is 0 Å². The fourth-order valence-electron chi connectivity index (χ4n) is 0. The molecule has 3 heteroatoms. The van der Waals surface area contributed by atoms with Gasteiger partial charge in [0.05, 0.1) is 0 Å². The van der Waals surface area contributed by atoms with E-state index in [9.17, 15) is 0 Å². The first kappa shape index (κ1) is 16.9. The van der Waals surface area contributed by atoms with E-state index in [0.29, 0.717) is 6.61 Å². The van der Waals surface area contributed by atoms with Gasteiger partial charge in [0.25, 0.3) is 0 Å². The maximum Gasteiger partial charge on any atom is 0.0428 e. The van der Waals surface area contributed by atoms with Crippen LogP contribution in [0.4, 0.5) is 0 Å². The van der Waals surface area contributed by atoms with Crippen LogP contribution in [0, 0.1) is 0 Å². The van der Waals surface area contributed by atoms with Gasteiger partial charge in [-0.15, -0.1) is 0 Å². The van der Waals surface area contributed by atoms with E-state index in [2.05, 4.69) is 0 Å². The molecular weight excluding hydrogens is 82.0 g/mol. The minimum absolute atomic E-state index is 0. The van der Waals surface area contributed by atoms with Crippen molar-refractivity contribution in [2.75, 3.05) is 6.61 Å². The van der Waals surface area contributed by atoms with Gasteiger partial charge in [-0.2, -0.15) is 0 Å². The molecule has 0 aliphatic carbocycles. The highest BCUT2D eigenvalue weighted by atomic mass is 16.2.